The van der Waals surface area contributed by atoms with Crippen molar-refractivity contribution in [3.63, 3.8) is 0 Å². The topological polar surface area (TPSA) is 119 Å². The second-order valence-corrected chi connectivity index (χ2v) is 11.3. The van der Waals surface area contributed by atoms with E-state index in [9.17, 15) is 9.59 Å². The number of hydrogen-bond donors (Lipinski definition) is 3. The second kappa shape index (κ2) is 12.1. The first kappa shape index (κ1) is 28.3. The molecule has 0 aliphatic carbocycles. The van der Waals surface area contributed by atoms with E-state index in [-0.39, 0.29) is 18.1 Å². The molecule has 0 saturated carbocycles. The van der Waals surface area contributed by atoms with Crippen molar-refractivity contribution in [3.8, 4) is 11.3 Å². The van der Waals surface area contributed by atoms with Crippen LogP contribution in [-0.4, -0.2) is 39.3 Å². The number of rotatable bonds is 8. The molecule has 1 fully saturated rings. The summed E-state index contributed by atoms with van der Waals surface area (Å²) in [4.78, 5) is 35.0. The normalized spacial score (nSPS) is 15.5. The van der Waals surface area contributed by atoms with E-state index in [0.717, 1.165) is 47.3 Å². The minimum absolute atomic E-state index is 0.0400. The Morgan fingerprint density at radius 2 is 1.88 bits per heavy atom. The van der Waals surface area contributed by atoms with E-state index < -0.39 is 5.41 Å². The molecule has 0 bridgehead atoms. The average Bonchev–Trinajstić information content (AvgIpc) is 3.40. The number of benzene rings is 2. The molecular formula is C31H36N6O4. The summed E-state index contributed by atoms with van der Waals surface area (Å²) >= 11 is 0. The van der Waals surface area contributed by atoms with Crippen LogP contribution in [0.2, 0.25) is 0 Å². The van der Waals surface area contributed by atoms with Crippen molar-refractivity contribution in [2.24, 2.45) is 5.41 Å². The molecule has 10 heteroatoms. The zero-order valence-electron chi connectivity index (χ0n) is 23.9. The van der Waals surface area contributed by atoms with Crippen LogP contribution >= 0.6 is 0 Å². The summed E-state index contributed by atoms with van der Waals surface area (Å²) in [5, 5.41) is 11.0. The molecule has 1 aliphatic heterocycles. The Morgan fingerprint density at radius 3 is 2.61 bits per heavy atom. The quantitative estimate of drug-likeness (QED) is 0.246. The van der Waals surface area contributed by atoms with Gasteiger partial charge in [0, 0.05) is 41.8 Å². The molecule has 0 spiro atoms. The molecular weight excluding hydrogens is 520 g/mol. The molecule has 5 rings (SSSR count). The van der Waals surface area contributed by atoms with E-state index >= 15 is 0 Å². The molecule has 0 radical (unpaired) electrons. The largest absolute Gasteiger partial charge is 0.365 e. The summed E-state index contributed by atoms with van der Waals surface area (Å²) < 4.78 is 7.20. The lowest BCUT2D eigenvalue weighted by Crippen LogP contribution is -2.33. The van der Waals surface area contributed by atoms with Gasteiger partial charge >= 0.3 is 0 Å². The SMILES string of the molecule is Cc1ccc(-c2cn3nc(NCc4ccc(C(=O)NOC5CCCCO5)cc4)ccc3n2)cc1NC(=O)C(C)(C)C. The lowest BCUT2D eigenvalue weighted by atomic mass is 9.95. The van der Waals surface area contributed by atoms with Crippen LogP contribution in [0.4, 0.5) is 11.5 Å². The van der Waals surface area contributed by atoms with Crippen molar-refractivity contribution in [1.29, 1.82) is 0 Å². The number of carbonyl (C=O) groups is 2. The van der Waals surface area contributed by atoms with Crippen molar-refractivity contribution in [3.05, 3.63) is 77.5 Å². The van der Waals surface area contributed by atoms with Gasteiger partial charge in [-0.25, -0.2) is 19.8 Å². The summed E-state index contributed by atoms with van der Waals surface area (Å²) in [6, 6.07) is 17.0. The molecule has 2 amide bonds. The minimum atomic E-state index is -0.492. The van der Waals surface area contributed by atoms with Crippen LogP contribution in [0, 0.1) is 12.3 Å². The number of carbonyl (C=O) groups excluding carboxylic acids is 2. The average molecular weight is 557 g/mol. The fraction of sp³-hybridized carbons (Fsp3) is 0.355. The molecule has 41 heavy (non-hydrogen) atoms. The van der Waals surface area contributed by atoms with Crippen LogP contribution in [0.15, 0.2) is 60.8 Å². The summed E-state index contributed by atoms with van der Waals surface area (Å²) in [7, 11) is 0. The third-order valence-corrected chi connectivity index (χ3v) is 6.89. The fourth-order valence-corrected chi connectivity index (χ4v) is 4.29. The highest BCUT2D eigenvalue weighted by molar-refractivity contribution is 5.96. The van der Waals surface area contributed by atoms with Gasteiger partial charge in [0.1, 0.15) is 5.82 Å². The molecule has 4 aromatic rings. The molecule has 2 aromatic heterocycles. The van der Waals surface area contributed by atoms with Gasteiger partial charge in [-0.2, -0.15) is 0 Å². The second-order valence-electron chi connectivity index (χ2n) is 11.3. The summed E-state index contributed by atoms with van der Waals surface area (Å²) in [6.07, 6.45) is 4.30. The zero-order chi connectivity index (χ0) is 29.0. The Morgan fingerprint density at radius 1 is 1.07 bits per heavy atom. The molecule has 1 unspecified atom stereocenters. The molecule has 214 valence electrons. The number of aryl methyl sites for hydroxylation is 1. The maximum atomic E-state index is 12.5. The van der Waals surface area contributed by atoms with E-state index in [1.54, 1.807) is 16.6 Å². The van der Waals surface area contributed by atoms with Gasteiger partial charge in [0.2, 0.25) is 5.91 Å². The van der Waals surface area contributed by atoms with Crippen LogP contribution in [0.1, 0.15) is 61.5 Å². The number of hydroxylamine groups is 1. The fourth-order valence-electron chi connectivity index (χ4n) is 4.29. The number of aromatic nitrogens is 3. The lowest BCUT2D eigenvalue weighted by molar-refractivity contribution is -0.186. The van der Waals surface area contributed by atoms with Gasteiger partial charge in [-0.3, -0.25) is 9.59 Å². The highest BCUT2D eigenvalue weighted by Gasteiger charge is 2.22. The molecule has 1 atom stereocenters. The van der Waals surface area contributed by atoms with E-state index in [2.05, 4.69) is 21.2 Å². The lowest BCUT2D eigenvalue weighted by Gasteiger charge is -2.22. The third-order valence-electron chi connectivity index (χ3n) is 6.89. The standard InChI is InChI=1S/C31H36N6O4/c1-20-8-11-23(17-24(20)34-30(39)31(2,3)4)25-19-37-27(33-25)15-14-26(35-37)32-18-21-9-12-22(13-10-21)29(38)36-41-28-7-5-6-16-40-28/h8-15,17,19,28H,5-7,16,18H2,1-4H3,(H,32,35)(H,34,39)(H,36,38). The number of imidazole rings is 1. The van der Waals surface area contributed by atoms with Gasteiger partial charge in [0.05, 0.1) is 11.9 Å². The summed E-state index contributed by atoms with van der Waals surface area (Å²) in [5.41, 5.74) is 7.60. The molecule has 3 heterocycles. The third kappa shape index (κ3) is 7.08. The molecule has 1 saturated heterocycles. The van der Waals surface area contributed by atoms with E-state index in [0.29, 0.717) is 30.2 Å². The number of nitrogens with zero attached hydrogens (tertiary/aromatic N) is 3. The molecule has 3 N–H and O–H groups in total. The van der Waals surface area contributed by atoms with E-state index in [1.165, 1.54) is 0 Å². The number of ether oxygens (including phenoxy) is 1. The van der Waals surface area contributed by atoms with Crippen molar-refractivity contribution < 1.29 is 19.2 Å². The maximum absolute atomic E-state index is 12.5. The van der Waals surface area contributed by atoms with E-state index in [1.807, 2.05) is 76.4 Å². The van der Waals surface area contributed by atoms with Crippen molar-refractivity contribution in [2.75, 3.05) is 17.2 Å². The number of hydrogen-bond acceptors (Lipinski definition) is 7. The number of anilines is 2. The van der Waals surface area contributed by atoms with Crippen LogP contribution in [0.5, 0.6) is 0 Å². The predicted molar refractivity (Wildman–Crippen MR) is 157 cm³/mol. The van der Waals surface area contributed by atoms with Gasteiger partial charge in [-0.05, 0) is 61.2 Å². The monoisotopic (exact) mass is 556 g/mol. The van der Waals surface area contributed by atoms with Crippen LogP contribution in [-0.2, 0) is 20.9 Å². The summed E-state index contributed by atoms with van der Waals surface area (Å²) in [5.74, 6) is 0.340. The number of amides is 2. The molecule has 10 nitrogen and oxygen atoms in total. The number of fused-ring (bicyclic) bond motifs is 1. The van der Waals surface area contributed by atoms with E-state index in [4.69, 9.17) is 14.6 Å². The van der Waals surface area contributed by atoms with Crippen LogP contribution in [0.25, 0.3) is 16.9 Å². The first-order chi connectivity index (χ1) is 19.7. The Bertz CT molecular complexity index is 1530. The Balaban J connectivity index is 1.20. The van der Waals surface area contributed by atoms with Gasteiger partial charge in [0.25, 0.3) is 5.91 Å². The zero-order valence-corrected chi connectivity index (χ0v) is 23.9. The summed E-state index contributed by atoms with van der Waals surface area (Å²) in [6.45, 7) is 8.81. The van der Waals surface area contributed by atoms with Gasteiger partial charge in [-0.1, -0.05) is 45.0 Å². The Labute approximate surface area is 239 Å². The number of nitrogens with one attached hydrogen (secondary N) is 3. The highest BCUT2D eigenvalue weighted by Crippen LogP contribution is 2.27. The van der Waals surface area contributed by atoms with Gasteiger partial charge in [-0.15, -0.1) is 5.10 Å². The maximum Gasteiger partial charge on any atom is 0.274 e. The first-order valence-electron chi connectivity index (χ1n) is 13.8. The highest BCUT2D eigenvalue weighted by atomic mass is 16.8. The van der Waals surface area contributed by atoms with Crippen molar-refractivity contribution >= 4 is 29.0 Å². The van der Waals surface area contributed by atoms with Gasteiger partial charge < -0.3 is 15.4 Å². The molecule has 2 aromatic carbocycles. The van der Waals surface area contributed by atoms with Gasteiger partial charge in [0.15, 0.2) is 11.9 Å². The Kier molecular flexibility index (Phi) is 8.32. The van der Waals surface area contributed by atoms with Crippen molar-refractivity contribution in [1.82, 2.24) is 20.1 Å². The minimum Gasteiger partial charge on any atom is -0.365 e. The van der Waals surface area contributed by atoms with Crippen molar-refractivity contribution in [2.45, 2.75) is 59.8 Å². The first-order valence-corrected chi connectivity index (χ1v) is 13.8. The smallest absolute Gasteiger partial charge is 0.274 e. The molecule has 1 aliphatic rings. The van der Waals surface area contributed by atoms with Crippen LogP contribution in [0.3, 0.4) is 0 Å². The van der Waals surface area contributed by atoms with Crippen LogP contribution < -0.4 is 16.1 Å². The predicted octanol–water partition coefficient (Wildman–Crippen LogP) is 5.49. The Hall–Kier alpha value is -4.28.